The highest BCUT2D eigenvalue weighted by molar-refractivity contribution is 5.32. The highest BCUT2D eigenvalue weighted by Crippen LogP contribution is 2.44. The Morgan fingerprint density at radius 3 is 2.92 bits per heavy atom. The lowest BCUT2D eigenvalue weighted by Gasteiger charge is -2.26. The van der Waals surface area contributed by atoms with Crippen LogP contribution in [0.25, 0.3) is 0 Å². The van der Waals surface area contributed by atoms with Gasteiger partial charge in [0.2, 0.25) is 5.89 Å². The molecule has 0 N–H and O–H groups in total. The Balaban J connectivity index is 1.54. The van der Waals surface area contributed by atoms with Crippen molar-refractivity contribution in [3.63, 3.8) is 0 Å². The number of rotatable bonds is 4. The van der Waals surface area contributed by atoms with Crippen molar-refractivity contribution in [3.05, 3.63) is 41.5 Å². The Labute approximate surface area is 141 Å². The minimum absolute atomic E-state index is 0.166. The zero-order chi connectivity index (χ0) is 16.7. The van der Waals surface area contributed by atoms with Crippen molar-refractivity contribution in [3.8, 4) is 0 Å². The average molecular weight is 330 g/mol. The van der Waals surface area contributed by atoms with Gasteiger partial charge in [-0.25, -0.2) is 4.39 Å². The number of benzene rings is 1. The number of hydrogen-bond acceptors (Lipinski definition) is 5. The van der Waals surface area contributed by atoms with Crippen LogP contribution in [0.1, 0.15) is 30.8 Å². The fraction of sp³-hybridized carbons (Fsp3) is 0.556. The molecule has 2 aromatic rings. The third kappa shape index (κ3) is 2.69. The van der Waals surface area contributed by atoms with E-state index in [0.29, 0.717) is 23.7 Å². The molecule has 3 heterocycles. The summed E-state index contributed by atoms with van der Waals surface area (Å²) in [5.74, 6) is 1.55. The van der Waals surface area contributed by atoms with E-state index < -0.39 is 0 Å². The summed E-state index contributed by atoms with van der Waals surface area (Å²) in [6.45, 7) is 4.92. The predicted molar refractivity (Wildman–Crippen MR) is 89.3 cm³/mol. The summed E-state index contributed by atoms with van der Waals surface area (Å²) in [4.78, 5) is 4.54. The average Bonchev–Trinajstić information content (AvgIpc) is 3.21. The van der Waals surface area contributed by atoms with Crippen LogP contribution in [0, 0.1) is 17.7 Å². The second kappa shape index (κ2) is 6.16. The first kappa shape index (κ1) is 15.6. The topological polar surface area (TPSA) is 45.4 Å². The van der Waals surface area contributed by atoms with Gasteiger partial charge in [0, 0.05) is 38.0 Å². The van der Waals surface area contributed by atoms with Gasteiger partial charge in [-0.15, -0.1) is 5.10 Å². The number of nitrogens with zero attached hydrogens (tertiary/aromatic N) is 4. The largest absolute Gasteiger partial charge is 0.408 e. The zero-order valence-corrected chi connectivity index (χ0v) is 14.2. The normalized spacial score (nSPS) is 27.0. The van der Waals surface area contributed by atoms with Crippen molar-refractivity contribution in [2.75, 3.05) is 31.6 Å². The van der Waals surface area contributed by atoms with Crippen molar-refractivity contribution >= 4 is 6.01 Å². The minimum Gasteiger partial charge on any atom is -0.408 e. The number of aromatic nitrogens is 2. The molecule has 128 valence electrons. The molecule has 0 spiro atoms. The molecule has 0 unspecified atom stereocenters. The van der Waals surface area contributed by atoms with Crippen LogP contribution in [0.15, 0.2) is 28.7 Å². The quantitative estimate of drug-likeness (QED) is 0.862. The summed E-state index contributed by atoms with van der Waals surface area (Å²) in [7, 11) is 2.13. The molecule has 2 fully saturated rings. The van der Waals surface area contributed by atoms with Gasteiger partial charge in [0.05, 0.1) is 0 Å². The van der Waals surface area contributed by atoms with Gasteiger partial charge in [0.1, 0.15) is 5.82 Å². The van der Waals surface area contributed by atoms with Gasteiger partial charge in [-0.2, -0.15) is 0 Å². The van der Waals surface area contributed by atoms with E-state index in [1.165, 1.54) is 6.07 Å². The lowest BCUT2D eigenvalue weighted by Crippen LogP contribution is -2.29. The fourth-order valence-corrected chi connectivity index (χ4v) is 4.29. The van der Waals surface area contributed by atoms with Gasteiger partial charge < -0.3 is 9.32 Å². The molecule has 2 saturated heterocycles. The van der Waals surface area contributed by atoms with Crippen LogP contribution in [0.4, 0.5) is 10.4 Å². The molecule has 0 aliphatic carbocycles. The maximum atomic E-state index is 13.6. The molecule has 1 aromatic carbocycles. The summed E-state index contributed by atoms with van der Waals surface area (Å²) in [6, 6.07) is 7.87. The summed E-state index contributed by atoms with van der Waals surface area (Å²) in [5.41, 5.74) is 1.06. The zero-order valence-electron chi connectivity index (χ0n) is 14.2. The maximum absolute atomic E-state index is 13.6. The number of likely N-dealkylation sites (tertiary alicyclic amines) is 1. The van der Waals surface area contributed by atoms with Gasteiger partial charge in [-0.05, 0) is 37.1 Å². The van der Waals surface area contributed by atoms with Gasteiger partial charge in [0.25, 0.3) is 0 Å². The Hall–Kier alpha value is -1.95. The highest BCUT2D eigenvalue weighted by atomic mass is 19.1. The van der Waals surface area contributed by atoms with Gasteiger partial charge in [-0.3, -0.25) is 4.90 Å². The standard InChI is InChI=1S/C18H23FN4O/c1-3-5-16-20-21-18(24-16)23-10-13-9-22(2)17(15(13)11-23)12-6-4-7-14(19)8-12/h4,6-8,13,15,17H,3,5,9-11H2,1-2H3/t13-,15+,17-/m0/s1. The van der Waals surface area contributed by atoms with Crippen molar-refractivity contribution in [1.82, 2.24) is 15.1 Å². The Morgan fingerprint density at radius 1 is 1.25 bits per heavy atom. The Kier molecular flexibility index (Phi) is 4.00. The van der Waals surface area contributed by atoms with Crippen molar-refractivity contribution < 1.29 is 8.81 Å². The Bertz CT molecular complexity index is 719. The lowest BCUT2D eigenvalue weighted by molar-refractivity contribution is 0.278. The van der Waals surface area contributed by atoms with E-state index in [2.05, 4.69) is 34.0 Å². The Morgan fingerprint density at radius 2 is 2.12 bits per heavy atom. The van der Waals surface area contributed by atoms with E-state index in [1.807, 2.05) is 6.07 Å². The SMILES string of the molecule is CCCc1nnc(N2C[C@@H]3CN(C)[C@@H](c4cccc(F)c4)[C@@H]3C2)o1. The highest BCUT2D eigenvalue weighted by Gasteiger charge is 2.47. The molecule has 0 saturated carbocycles. The van der Waals surface area contributed by atoms with Crippen LogP contribution in [-0.2, 0) is 6.42 Å². The van der Waals surface area contributed by atoms with Crippen molar-refractivity contribution in [1.29, 1.82) is 0 Å². The molecule has 2 aliphatic heterocycles. The van der Waals surface area contributed by atoms with Gasteiger partial charge in [-0.1, -0.05) is 24.2 Å². The number of hydrogen-bond donors (Lipinski definition) is 0. The molecule has 0 bridgehead atoms. The second-order valence-corrected chi connectivity index (χ2v) is 7.00. The number of aryl methyl sites for hydroxylation is 1. The smallest absolute Gasteiger partial charge is 0.318 e. The van der Waals surface area contributed by atoms with Crippen LogP contribution >= 0.6 is 0 Å². The fourth-order valence-electron chi connectivity index (χ4n) is 4.29. The van der Waals surface area contributed by atoms with Crippen LogP contribution in [0.5, 0.6) is 0 Å². The monoisotopic (exact) mass is 330 g/mol. The first-order valence-corrected chi connectivity index (χ1v) is 8.68. The predicted octanol–water partition coefficient (Wildman–Crippen LogP) is 2.90. The number of halogens is 1. The number of anilines is 1. The molecule has 3 atom stereocenters. The third-order valence-electron chi connectivity index (χ3n) is 5.28. The molecular weight excluding hydrogens is 307 g/mol. The first-order chi connectivity index (χ1) is 11.7. The molecule has 0 amide bonds. The minimum atomic E-state index is -0.166. The van der Waals surface area contributed by atoms with E-state index in [0.717, 1.165) is 38.0 Å². The van der Waals surface area contributed by atoms with Gasteiger partial charge >= 0.3 is 6.01 Å². The molecule has 1 aromatic heterocycles. The summed E-state index contributed by atoms with van der Waals surface area (Å²) >= 11 is 0. The molecule has 6 heteroatoms. The lowest BCUT2D eigenvalue weighted by atomic mass is 9.89. The first-order valence-electron chi connectivity index (χ1n) is 8.68. The molecule has 2 aliphatic rings. The van der Waals surface area contributed by atoms with E-state index in [1.54, 1.807) is 12.1 Å². The molecule has 24 heavy (non-hydrogen) atoms. The molecule has 4 rings (SSSR count). The van der Waals surface area contributed by atoms with E-state index >= 15 is 0 Å². The van der Waals surface area contributed by atoms with Gasteiger partial charge in [0.15, 0.2) is 0 Å². The summed E-state index contributed by atoms with van der Waals surface area (Å²) in [6.07, 6.45) is 1.82. The second-order valence-electron chi connectivity index (χ2n) is 7.00. The van der Waals surface area contributed by atoms with Crippen LogP contribution in [0.3, 0.4) is 0 Å². The maximum Gasteiger partial charge on any atom is 0.318 e. The van der Waals surface area contributed by atoms with Crippen LogP contribution < -0.4 is 4.90 Å². The van der Waals surface area contributed by atoms with Crippen LogP contribution in [0.2, 0.25) is 0 Å². The summed E-state index contributed by atoms with van der Waals surface area (Å²) in [5, 5.41) is 8.34. The van der Waals surface area contributed by atoms with Crippen LogP contribution in [-0.4, -0.2) is 41.8 Å². The molecule has 0 radical (unpaired) electrons. The summed E-state index contributed by atoms with van der Waals surface area (Å²) < 4.78 is 19.4. The number of fused-ring (bicyclic) bond motifs is 1. The third-order valence-corrected chi connectivity index (χ3v) is 5.28. The molecule has 5 nitrogen and oxygen atoms in total. The van der Waals surface area contributed by atoms with Crippen molar-refractivity contribution in [2.24, 2.45) is 11.8 Å². The van der Waals surface area contributed by atoms with Crippen molar-refractivity contribution in [2.45, 2.75) is 25.8 Å². The molecular formula is C18H23FN4O. The van der Waals surface area contributed by atoms with E-state index in [9.17, 15) is 4.39 Å². The van der Waals surface area contributed by atoms with E-state index in [4.69, 9.17) is 4.42 Å². The van der Waals surface area contributed by atoms with E-state index in [-0.39, 0.29) is 11.9 Å².